The predicted octanol–water partition coefficient (Wildman–Crippen LogP) is 1.38. The molecule has 1 amide bonds. The fraction of sp³-hybridized carbons (Fsp3) is 0.167. The summed E-state index contributed by atoms with van der Waals surface area (Å²) >= 11 is 5.86. The minimum Gasteiger partial charge on any atom is -0.327 e. The molecule has 0 saturated carbocycles. The molecule has 17 heavy (non-hydrogen) atoms. The third kappa shape index (κ3) is 1.97. The second-order valence-corrected chi connectivity index (χ2v) is 4.27. The van der Waals surface area contributed by atoms with Crippen LogP contribution in [0.2, 0.25) is 5.02 Å². The molecule has 0 spiro atoms. The van der Waals surface area contributed by atoms with Gasteiger partial charge in [0.25, 0.3) is 11.7 Å². The number of anilines is 1. The van der Waals surface area contributed by atoms with Crippen molar-refractivity contribution in [2.24, 2.45) is 5.73 Å². The van der Waals surface area contributed by atoms with Crippen molar-refractivity contribution < 1.29 is 9.59 Å². The average Bonchev–Trinajstić information content (AvgIpc) is 2.54. The summed E-state index contributed by atoms with van der Waals surface area (Å²) in [6, 6.07) is 4.75. The van der Waals surface area contributed by atoms with Crippen LogP contribution in [0.4, 0.5) is 5.69 Å². The smallest absolute Gasteiger partial charge is 0.299 e. The van der Waals surface area contributed by atoms with Crippen molar-refractivity contribution in [1.82, 2.24) is 0 Å². The molecule has 0 bridgehead atoms. The Bertz CT molecular complexity index is 525. The van der Waals surface area contributed by atoms with Gasteiger partial charge in [0.05, 0.1) is 11.3 Å². The molecule has 1 heterocycles. The van der Waals surface area contributed by atoms with Gasteiger partial charge < -0.3 is 10.6 Å². The lowest BCUT2D eigenvalue weighted by molar-refractivity contribution is -0.114. The van der Waals surface area contributed by atoms with Crippen LogP contribution in [-0.4, -0.2) is 24.8 Å². The molecule has 2 N–H and O–H groups in total. The Morgan fingerprint density at radius 3 is 2.76 bits per heavy atom. The molecule has 0 aromatic heterocycles. The standard InChI is InChI=1S/C12H11ClN2O2/c1-7(5-14)6-15-10-4-8(13)2-3-9(10)11(16)12(15)17/h2-4H,1,5-6,14H2. The number of rotatable bonds is 3. The molecule has 1 aliphatic heterocycles. The largest absolute Gasteiger partial charge is 0.327 e. The Balaban J connectivity index is 2.42. The van der Waals surface area contributed by atoms with Crippen molar-refractivity contribution in [3.05, 3.63) is 40.9 Å². The van der Waals surface area contributed by atoms with Gasteiger partial charge in [0.1, 0.15) is 0 Å². The van der Waals surface area contributed by atoms with E-state index in [0.29, 0.717) is 21.8 Å². The average molecular weight is 251 g/mol. The van der Waals surface area contributed by atoms with Crippen molar-refractivity contribution in [2.45, 2.75) is 0 Å². The van der Waals surface area contributed by atoms with Crippen LogP contribution in [0.15, 0.2) is 30.4 Å². The first-order valence-electron chi connectivity index (χ1n) is 5.07. The number of carbonyl (C=O) groups is 2. The molecule has 0 saturated heterocycles. The number of halogens is 1. The van der Waals surface area contributed by atoms with Crippen molar-refractivity contribution in [2.75, 3.05) is 18.0 Å². The van der Waals surface area contributed by atoms with E-state index in [1.54, 1.807) is 18.2 Å². The Kier molecular flexibility index (Phi) is 3.00. The maximum atomic E-state index is 11.8. The first-order valence-corrected chi connectivity index (χ1v) is 5.45. The highest BCUT2D eigenvalue weighted by Gasteiger charge is 2.35. The number of fused-ring (bicyclic) bond motifs is 1. The fourth-order valence-electron chi connectivity index (χ4n) is 1.71. The van der Waals surface area contributed by atoms with Gasteiger partial charge in [-0.15, -0.1) is 0 Å². The summed E-state index contributed by atoms with van der Waals surface area (Å²) in [5.74, 6) is -1.07. The van der Waals surface area contributed by atoms with E-state index in [-0.39, 0.29) is 13.1 Å². The maximum absolute atomic E-state index is 11.8. The van der Waals surface area contributed by atoms with Crippen LogP contribution in [-0.2, 0) is 4.79 Å². The Hall–Kier alpha value is -1.65. The molecular weight excluding hydrogens is 240 g/mol. The topological polar surface area (TPSA) is 63.4 Å². The number of benzene rings is 1. The zero-order valence-corrected chi connectivity index (χ0v) is 9.83. The number of hydrogen-bond acceptors (Lipinski definition) is 3. The summed E-state index contributed by atoms with van der Waals surface area (Å²) in [6.07, 6.45) is 0. The Labute approximate surface area is 104 Å². The molecule has 0 radical (unpaired) electrons. The summed E-state index contributed by atoms with van der Waals surface area (Å²) in [4.78, 5) is 24.8. The van der Waals surface area contributed by atoms with Crippen LogP contribution >= 0.6 is 11.6 Å². The van der Waals surface area contributed by atoms with E-state index in [0.717, 1.165) is 0 Å². The van der Waals surface area contributed by atoms with E-state index in [9.17, 15) is 9.59 Å². The quantitative estimate of drug-likeness (QED) is 0.651. The second kappa shape index (κ2) is 4.31. The Morgan fingerprint density at radius 1 is 1.41 bits per heavy atom. The van der Waals surface area contributed by atoms with E-state index in [4.69, 9.17) is 17.3 Å². The molecule has 5 heteroatoms. The van der Waals surface area contributed by atoms with Gasteiger partial charge >= 0.3 is 0 Å². The molecule has 0 aliphatic carbocycles. The molecule has 0 unspecified atom stereocenters. The van der Waals surface area contributed by atoms with Crippen molar-refractivity contribution in [3.8, 4) is 0 Å². The van der Waals surface area contributed by atoms with Crippen molar-refractivity contribution in [3.63, 3.8) is 0 Å². The number of hydrogen-bond donors (Lipinski definition) is 1. The van der Waals surface area contributed by atoms with Crippen LogP contribution in [0, 0.1) is 0 Å². The number of amides is 1. The maximum Gasteiger partial charge on any atom is 0.299 e. The first kappa shape index (κ1) is 11.8. The minimum atomic E-state index is -0.558. The lowest BCUT2D eigenvalue weighted by Crippen LogP contribution is -2.32. The highest BCUT2D eigenvalue weighted by atomic mass is 35.5. The van der Waals surface area contributed by atoms with E-state index < -0.39 is 11.7 Å². The monoisotopic (exact) mass is 250 g/mol. The predicted molar refractivity (Wildman–Crippen MR) is 66.3 cm³/mol. The molecule has 88 valence electrons. The van der Waals surface area contributed by atoms with Gasteiger partial charge in [0, 0.05) is 18.1 Å². The molecule has 1 aromatic rings. The van der Waals surface area contributed by atoms with Gasteiger partial charge in [0.2, 0.25) is 0 Å². The van der Waals surface area contributed by atoms with E-state index in [2.05, 4.69) is 6.58 Å². The van der Waals surface area contributed by atoms with E-state index in [1.165, 1.54) is 4.90 Å². The van der Waals surface area contributed by atoms with Crippen LogP contribution < -0.4 is 10.6 Å². The number of Topliss-reactive ketones (excluding diaryl/α,β-unsaturated/α-hetero) is 1. The molecule has 2 rings (SSSR count). The fourth-order valence-corrected chi connectivity index (χ4v) is 1.88. The highest BCUT2D eigenvalue weighted by Crippen LogP contribution is 2.31. The van der Waals surface area contributed by atoms with E-state index in [1.807, 2.05) is 0 Å². The molecule has 0 fully saturated rings. The first-order chi connectivity index (χ1) is 8.04. The van der Waals surface area contributed by atoms with Gasteiger partial charge in [-0.25, -0.2) is 0 Å². The summed E-state index contributed by atoms with van der Waals surface area (Å²) < 4.78 is 0. The second-order valence-electron chi connectivity index (χ2n) is 3.84. The lowest BCUT2D eigenvalue weighted by Gasteiger charge is -2.17. The summed E-state index contributed by atoms with van der Waals surface area (Å²) in [5.41, 5.74) is 7.02. The minimum absolute atomic E-state index is 0.244. The Morgan fingerprint density at radius 2 is 2.12 bits per heavy atom. The number of nitrogens with zero attached hydrogens (tertiary/aromatic N) is 1. The van der Waals surface area contributed by atoms with Gasteiger partial charge in [-0.3, -0.25) is 9.59 Å². The van der Waals surface area contributed by atoms with Crippen LogP contribution in [0.1, 0.15) is 10.4 Å². The highest BCUT2D eigenvalue weighted by molar-refractivity contribution is 6.52. The van der Waals surface area contributed by atoms with Crippen LogP contribution in [0.3, 0.4) is 0 Å². The molecule has 1 aromatic carbocycles. The van der Waals surface area contributed by atoms with Gasteiger partial charge in [0.15, 0.2) is 0 Å². The number of carbonyl (C=O) groups excluding carboxylic acids is 2. The molecular formula is C12H11ClN2O2. The number of nitrogens with two attached hydrogens (primary N) is 1. The summed E-state index contributed by atoms with van der Waals surface area (Å²) in [7, 11) is 0. The molecule has 4 nitrogen and oxygen atoms in total. The summed E-state index contributed by atoms with van der Waals surface area (Å²) in [5, 5.41) is 0.481. The third-order valence-electron chi connectivity index (χ3n) is 2.60. The molecule has 0 atom stereocenters. The zero-order valence-electron chi connectivity index (χ0n) is 9.07. The zero-order chi connectivity index (χ0) is 12.6. The summed E-state index contributed by atoms with van der Waals surface area (Å²) in [6.45, 7) is 4.24. The van der Waals surface area contributed by atoms with Crippen LogP contribution in [0.5, 0.6) is 0 Å². The van der Waals surface area contributed by atoms with Crippen molar-refractivity contribution in [1.29, 1.82) is 0 Å². The third-order valence-corrected chi connectivity index (χ3v) is 2.84. The van der Waals surface area contributed by atoms with Gasteiger partial charge in [-0.05, 0) is 23.8 Å². The normalized spacial score (nSPS) is 14.1. The van der Waals surface area contributed by atoms with Crippen molar-refractivity contribution >= 4 is 29.0 Å². The van der Waals surface area contributed by atoms with Gasteiger partial charge in [-0.1, -0.05) is 18.2 Å². The van der Waals surface area contributed by atoms with Crippen LogP contribution in [0.25, 0.3) is 0 Å². The molecule has 1 aliphatic rings. The van der Waals surface area contributed by atoms with Gasteiger partial charge in [-0.2, -0.15) is 0 Å². The lowest BCUT2D eigenvalue weighted by atomic mass is 10.1. The SMILES string of the molecule is C=C(CN)CN1C(=O)C(=O)c2ccc(Cl)cc21. The van der Waals surface area contributed by atoms with E-state index >= 15 is 0 Å². The number of ketones is 1.